The number of amides is 1. The molecule has 0 aliphatic heterocycles. The standard InChI is InChI=1S/C27H29Cl2NO/c1-19(30-26(31)27(2,3)18-21-7-5-4-6-8-21)25(22-11-15-24(29)16-12-22)17-20-9-13-23(28)14-10-20/h4-16,19,25H,17-18H2,1-3H3,(H,30,31). The molecule has 2 unspecified atom stereocenters. The minimum absolute atomic E-state index is 0.0546. The lowest BCUT2D eigenvalue weighted by Gasteiger charge is -2.30. The summed E-state index contributed by atoms with van der Waals surface area (Å²) in [5.74, 6) is 0.161. The van der Waals surface area contributed by atoms with Gasteiger partial charge in [0.05, 0.1) is 0 Å². The van der Waals surface area contributed by atoms with Crippen LogP contribution in [0.1, 0.15) is 43.4 Å². The minimum atomic E-state index is -0.513. The molecular weight excluding hydrogens is 425 g/mol. The average Bonchev–Trinajstić information content (AvgIpc) is 2.74. The van der Waals surface area contributed by atoms with Gasteiger partial charge < -0.3 is 5.32 Å². The third-order valence-electron chi connectivity index (χ3n) is 5.73. The van der Waals surface area contributed by atoms with Gasteiger partial charge in [-0.25, -0.2) is 0 Å². The van der Waals surface area contributed by atoms with Crippen LogP contribution >= 0.6 is 23.2 Å². The number of halogens is 2. The quantitative estimate of drug-likeness (QED) is 0.387. The third kappa shape index (κ3) is 6.59. The van der Waals surface area contributed by atoms with Crippen molar-refractivity contribution in [1.82, 2.24) is 5.32 Å². The minimum Gasteiger partial charge on any atom is -0.353 e. The summed E-state index contributed by atoms with van der Waals surface area (Å²) in [6.45, 7) is 6.07. The highest BCUT2D eigenvalue weighted by Crippen LogP contribution is 2.28. The summed E-state index contributed by atoms with van der Waals surface area (Å²) in [5.41, 5.74) is 2.97. The van der Waals surface area contributed by atoms with Crippen LogP contribution < -0.4 is 5.32 Å². The van der Waals surface area contributed by atoms with Gasteiger partial charge in [0, 0.05) is 27.4 Å². The first-order valence-corrected chi connectivity index (χ1v) is 11.3. The van der Waals surface area contributed by atoms with Gasteiger partial charge in [-0.15, -0.1) is 0 Å². The Balaban J connectivity index is 1.78. The highest BCUT2D eigenvalue weighted by molar-refractivity contribution is 6.30. The van der Waals surface area contributed by atoms with Crippen molar-refractivity contribution in [2.45, 2.75) is 45.6 Å². The second-order valence-electron chi connectivity index (χ2n) is 8.80. The van der Waals surface area contributed by atoms with E-state index in [1.54, 1.807) is 0 Å². The summed E-state index contributed by atoms with van der Waals surface area (Å²) in [5, 5.41) is 4.71. The number of carbonyl (C=O) groups is 1. The Morgan fingerprint density at radius 3 is 1.97 bits per heavy atom. The van der Waals surface area contributed by atoms with Crippen molar-refractivity contribution in [2.75, 3.05) is 0 Å². The van der Waals surface area contributed by atoms with Crippen LogP contribution in [0.2, 0.25) is 10.0 Å². The molecule has 4 heteroatoms. The predicted octanol–water partition coefficient (Wildman–Crippen LogP) is 7.09. The molecule has 0 aromatic heterocycles. The van der Waals surface area contributed by atoms with E-state index in [1.807, 2.05) is 80.6 Å². The highest BCUT2D eigenvalue weighted by Gasteiger charge is 2.31. The van der Waals surface area contributed by atoms with E-state index < -0.39 is 5.41 Å². The van der Waals surface area contributed by atoms with E-state index in [4.69, 9.17) is 23.2 Å². The molecule has 0 heterocycles. The van der Waals surface area contributed by atoms with E-state index >= 15 is 0 Å². The van der Waals surface area contributed by atoms with Crippen molar-refractivity contribution in [3.8, 4) is 0 Å². The second-order valence-corrected chi connectivity index (χ2v) is 9.67. The van der Waals surface area contributed by atoms with Crippen molar-refractivity contribution >= 4 is 29.1 Å². The molecule has 1 amide bonds. The van der Waals surface area contributed by atoms with Gasteiger partial charge in [0.2, 0.25) is 5.91 Å². The summed E-state index contributed by atoms with van der Waals surface area (Å²) >= 11 is 12.2. The van der Waals surface area contributed by atoms with Gasteiger partial charge in [-0.2, -0.15) is 0 Å². The molecule has 3 aromatic carbocycles. The first-order chi connectivity index (χ1) is 14.7. The molecule has 2 nitrogen and oxygen atoms in total. The zero-order valence-corrected chi connectivity index (χ0v) is 19.8. The maximum atomic E-state index is 13.2. The molecule has 0 saturated carbocycles. The van der Waals surface area contributed by atoms with Crippen molar-refractivity contribution < 1.29 is 4.79 Å². The zero-order valence-electron chi connectivity index (χ0n) is 18.2. The lowest BCUT2D eigenvalue weighted by molar-refractivity contribution is -0.130. The van der Waals surface area contributed by atoms with E-state index in [2.05, 4.69) is 24.4 Å². The van der Waals surface area contributed by atoms with Crippen LogP contribution in [0, 0.1) is 5.41 Å². The predicted molar refractivity (Wildman–Crippen MR) is 131 cm³/mol. The fraction of sp³-hybridized carbons (Fsp3) is 0.296. The van der Waals surface area contributed by atoms with Crippen LogP contribution in [0.5, 0.6) is 0 Å². The molecule has 0 spiro atoms. The van der Waals surface area contributed by atoms with Crippen molar-refractivity contribution in [3.05, 3.63) is 106 Å². The van der Waals surface area contributed by atoms with E-state index in [-0.39, 0.29) is 17.9 Å². The summed E-state index contributed by atoms with van der Waals surface area (Å²) in [4.78, 5) is 13.2. The molecule has 0 fully saturated rings. The molecule has 3 aromatic rings. The maximum absolute atomic E-state index is 13.2. The third-order valence-corrected chi connectivity index (χ3v) is 6.24. The molecular formula is C27H29Cl2NO. The smallest absolute Gasteiger partial charge is 0.226 e. The molecule has 0 aliphatic carbocycles. The first-order valence-electron chi connectivity index (χ1n) is 10.6. The molecule has 1 N–H and O–H groups in total. The normalized spacial score (nSPS) is 13.5. The second kappa shape index (κ2) is 10.3. The average molecular weight is 454 g/mol. The van der Waals surface area contributed by atoms with E-state index in [9.17, 15) is 4.79 Å². The Labute approximate surface area is 195 Å². The van der Waals surface area contributed by atoms with Crippen LogP contribution in [-0.4, -0.2) is 11.9 Å². The lowest BCUT2D eigenvalue weighted by atomic mass is 9.82. The molecule has 31 heavy (non-hydrogen) atoms. The lowest BCUT2D eigenvalue weighted by Crippen LogP contribution is -2.45. The molecule has 0 bridgehead atoms. The number of hydrogen-bond donors (Lipinski definition) is 1. The zero-order chi connectivity index (χ0) is 22.4. The summed E-state index contributed by atoms with van der Waals surface area (Å²) in [6, 6.07) is 25.9. The highest BCUT2D eigenvalue weighted by atomic mass is 35.5. The maximum Gasteiger partial charge on any atom is 0.226 e. The van der Waals surface area contributed by atoms with Gasteiger partial charge in [-0.3, -0.25) is 4.79 Å². The van der Waals surface area contributed by atoms with Crippen LogP contribution in [-0.2, 0) is 17.6 Å². The number of carbonyl (C=O) groups excluding carboxylic acids is 1. The van der Waals surface area contributed by atoms with Crippen molar-refractivity contribution in [1.29, 1.82) is 0 Å². The summed E-state index contributed by atoms with van der Waals surface area (Å²) < 4.78 is 0. The van der Waals surface area contributed by atoms with Gasteiger partial charge in [0.25, 0.3) is 0 Å². The van der Waals surface area contributed by atoms with Crippen molar-refractivity contribution in [3.63, 3.8) is 0 Å². The molecule has 0 radical (unpaired) electrons. The van der Waals surface area contributed by atoms with Gasteiger partial charge in [-0.1, -0.05) is 91.6 Å². The number of benzene rings is 3. The fourth-order valence-corrected chi connectivity index (χ4v) is 4.11. The SMILES string of the molecule is CC(NC(=O)C(C)(C)Cc1ccccc1)C(Cc1ccc(Cl)cc1)c1ccc(Cl)cc1. The van der Waals surface area contributed by atoms with Crippen molar-refractivity contribution in [2.24, 2.45) is 5.41 Å². The molecule has 0 aliphatic rings. The topological polar surface area (TPSA) is 29.1 Å². The summed E-state index contributed by atoms with van der Waals surface area (Å²) in [6.07, 6.45) is 1.48. The largest absolute Gasteiger partial charge is 0.353 e. The van der Waals surface area contributed by atoms with Crippen LogP contribution in [0.3, 0.4) is 0 Å². The number of rotatable bonds is 8. The Hall–Kier alpha value is -2.29. The van der Waals surface area contributed by atoms with Gasteiger partial charge in [0.1, 0.15) is 0 Å². The van der Waals surface area contributed by atoms with Gasteiger partial charge in [-0.05, 0) is 60.7 Å². The molecule has 162 valence electrons. The van der Waals surface area contributed by atoms with Gasteiger partial charge >= 0.3 is 0 Å². The van der Waals surface area contributed by atoms with Crippen LogP contribution in [0.25, 0.3) is 0 Å². The monoisotopic (exact) mass is 453 g/mol. The first kappa shape index (κ1) is 23.4. The van der Waals surface area contributed by atoms with Crippen LogP contribution in [0.15, 0.2) is 78.9 Å². The number of hydrogen-bond acceptors (Lipinski definition) is 1. The van der Waals surface area contributed by atoms with Crippen LogP contribution in [0.4, 0.5) is 0 Å². The van der Waals surface area contributed by atoms with E-state index in [0.29, 0.717) is 11.4 Å². The Morgan fingerprint density at radius 1 is 0.839 bits per heavy atom. The Morgan fingerprint density at radius 2 is 1.39 bits per heavy atom. The van der Waals surface area contributed by atoms with E-state index in [0.717, 1.165) is 22.6 Å². The molecule has 0 saturated heterocycles. The molecule has 3 rings (SSSR count). The Bertz CT molecular complexity index is 982. The summed E-state index contributed by atoms with van der Waals surface area (Å²) in [7, 11) is 0. The fourth-order valence-electron chi connectivity index (χ4n) is 3.86. The molecule has 2 atom stereocenters. The van der Waals surface area contributed by atoms with E-state index in [1.165, 1.54) is 5.56 Å². The van der Waals surface area contributed by atoms with Gasteiger partial charge in [0.15, 0.2) is 0 Å². The number of nitrogens with one attached hydrogen (secondary N) is 1. The Kier molecular flexibility index (Phi) is 7.80.